The zero-order chi connectivity index (χ0) is 25.9. The van der Waals surface area contributed by atoms with E-state index in [-0.39, 0.29) is 17.6 Å². The lowest BCUT2D eigenvalue weighted by molar-refractivity contribution is -0.116. The first-order chi connectivity index (χ1) is 17.9. The molecule has 37 heavy (non-hydrogen) atoms. The predicted molar refractivity (Wildman–Crippen MR) is 146 cm³/mol. The molecule has 1 fully saturated rings. The van der Waals surface area contributed by atoms with Crippen molar-refractivity contribution in [1.29, 1.82) is 0 Å². The lowest BCUT2D eigenvalue weighted by atomic mass is 9.96. The van der Waals surface area contributed by atoms with Gasteiger partial charge in [-0.1, -0.05) is 12.1 Å². The molecule has 0 spiro atoms. The Morgan fingerprint density at radius 3 is 2.43 bits per heavy atom. The molecule has 2 heterocycles. The number of hydrogen-bond donors (Lipinski definition) is 2. The van der Waals surface area contributed by atoms with Crippen molar-refractivity contribution in [2.24, 2.45) is 4.99 Å². The van der Waals surface area contributed by atoms with Crippen LogP contribution < -0.4 is 15.5 Å². The molecule has 1 atom stereocenters. The molecule has 0 saturated carbocycles. The second kappa shape index (κ2) is 10.4. The van der Waals surface area contributed by atoms with Crippen LogP contribution in [0.3, 0.4) is 0 Å². The molecule has 0 radical (unpaired) electrons. The molecule has 3 aromatic carbocycles. The fraction of sp³-hybridized carbons (Fsp3) is 0.241. The first kappa shape index (κ1) is 24.4. The van der Waals surface area contributed by atoms with E-state index in [1.165, 1.54) is 12.6 Å². The second-order valence-corrected chi connectivity index (χ2v) is 9.44. The van der Waals surface area contributed by atoms with Crippen LogP contribution in [-0.4, -0.2) is 61.9 Å². The zero-order valence-corrected chi connectivity index (χ0v) is 20.9. The SMILES string of the molecule is CC(=O)Nc1cccc(C(=O)c2ccc3c(c2)C(C=Nc2ccc(N4CCN(C)CC4)cc2)C(=O)N3)c1. The molecule has 8 heteroatoms. The second-order valence-electron chi connectivity index (χ2n) is 9.44. The molecule has 2 N–H and O–H groups in total. The van der Waals surface area contributed by atoms with E-state index in [0.29, 0.717) is 28.1 Å². The minimum absolute atomic E-state index is 0.176. The van der Waals surface area contributed by atoms with Gasteiger partial charge in [-0.25, -0.2) is 0 Å². The van der Waals surface area contributed by atoms with Crippen LogP contribution in [0.15, 0.2) is 71.7 Å². The number of aliphatic imine (C=N–C) groups is 1. The highest BCUT2D eigenvalue weighted by Gasteiger charge is 2.30. The number of rotatable bonds is 6. The highest BCUT2D eigenvalue weighted by atomic mass is 16.2. The molecule has 5 rings (SSSR count). The van der Waals surface area contributed by atoms with E-state index in [1.807, 2.05) is 12.1 Å². The standard InChI is InChI=1S/C29H29N5O3/c1-19(35)31-23-5-3-4-20(16-23)28(36)21-6-11-27-25(17-21)26(29(37)32-27)18-30-22-7-9-24(10-8-22)34-14-12-33(2)13-15-34/h3-11,16-18,26H,12-15H2,1-2H3,(H,31,35)(H,32,37). The van der Waals surface area contributed by atoms with Crippen molar-refractivity contribution in [2.75, 3.05) is 48.8 Å². The number of fused-ring (bicyclic) bond motifs is 1. The Morgan fingerprint density at radius 1 is 0.973 bits per heavy atom. The summed E-state index contributed by atoms with van der Waals surface area (Å²) in [6.07, 6.45) is 1.64. The average Bonchev–Trinajstić information content (AvgIpc) is 3.21. The highest BCUT2D eigenvalue weighted by Crippen LogP contribution is 2.33. The van der Waals surface area contributed by atoms with E-state index in [1.54, 1.807) is 48.7 Å². The number of carbonyl (C=O) groups is 3. The number of anilines is 3. The Hall–Kier alpha value is -4.30. The van der Waals surface area contributed by atoms with Gasteiger partial charge in [-0.2, -0.15) is 0 Å². The summed E-state index contributed by atoms with van der Waals surface area (Å²) in [6, 6.07) is 20.0. The van der Waals surface area contributed by atoms with Gasteiger partial charge in [0.1, 0.15) is 5.92 Å². The van der Waals surface area contributed by atoms with Crippen molar-refractivity contribution in [3.05, 3.63) is 83.4 Å². The Morgan fingerprint density at radius 2 is 1.70 bits per heavy atom. The molecule has 0 bridgehead atoms. The minimum atomic E-state index is -0.592. The first-order valence-corrected chi connectivity index (χ1v) is 12.3. The van der Waals surface area contributed by atoms with Crippen LogP contribution in [0.5, 0.6) is 0 Å². The first-order valence-electron chi connectivity index (χ1n) is 12.3. The Balaban J connectivity index is 1.33. The van der Waals surface area contributed by atoms with Gasteiger partial charge in [-0.05, 0) is 67.2 Å². The zero-order valence-electron chi connectivity index (χ0n) is 20.9. The number of ketones is 1. The minimum Gasteiger partial charge on any atom is -0.369 e. The molecule has 8 nitrogen and oxygen atoms in total. The van der Waals surface area contributed by atoms with Crippen LogP contribution in [0.25, 0.3) is 0 Å². The van der Waals surface area contributed by atoms with Gasteiger partial charge in [-0.3, -0.25) is 19.4 Å². The van der Waals surface area contributed by atoms with Gasteiger partial charge in [0.2, 0.25) is 11.8 Å². The molecule has 2 amide bonds. The number of hydrogen-bond acceptors (Lipinski definition) is 6. The molecular formula is C29H29N5O3. The lowest BCUT2D eigenvalue weighted by Crippen LogP contribution is -2.44. The van der Waals surface area contributed by atoms with Crippen molar-refractivity contribution in [3.8, 4) is 0 Å². The number of carbonyl (C=O) groups excluding carboxylic acids is 3. The van der Waals surface area contributed by atoms with Crippen LogP contribution in [0, 0.1) is 0 Å². The predicted octanol–water partition coefficient (Wildman–Crippen LogP) is 4.07. The van der Waals surface area contributed by atoms with E-state index < -0.39 is 5.92 Å². The topological polar surface area (TPSA) is 94.1 Å². The summed E-state index contributed by atoms with van der Waals surface area (Å²) >= 11 is 0. The van der Waals surface area contributed by atoms with Gasteiger partial charge in [0.15, 0.2) is 5.78 Å². The number of nitrogens with one attached hydrogen (secondary N) is 2. The monoisotopic (exact) mass is 495 g/mol. The molecule has 188 valence electrons. The van der Waals surface area contributed by atoms with Gasteiger partial charge in [0, 0.05) is 67.5 Å². The molecule has 2 aliphatic heterocycles. The van der Waals surface area contributed by atoms with Gasteiger partial charge in [-0.15, -0.1) is 0 Å². The summed E-state index contributed by atoms with van der Waals surface area (Å²) in [7, 11) is 2.14. The molecule has 2 aliphatic rings. The van der Waals surface area contributed by atoms with Crippen molar-refractivity contribution in [1.82, 2.24) is 4.90 Å². The van der Waals surface area contributed by atoms with Gasteiger partial charge in [0.05, 0.1) is 5.69 Å². The maximum atomic E-state index is 13.2. The van der Waals surface area contributed by atoms with E-state index >= 15 is 0 Å². The number of piperazine rings is 1. The maximum absolute atomic E-state index is 13.2. The molecular weight excluding hydrogens is 466 g/mol. The van der Waals surface area contributed by atoms with E-state index in [4.69, 9.17) is 0 Å². The van der Waals surface area contributed by atoms with E-state index in [2.05, 4.69) is 44.6 Å². The molecule has 3 aromatic rings. The molecule has 0 aliphatic carbocycles. The van der Waals surface area contributed by atoms with Crippen LogP contribution >= 0.6 is 0 Å². The number of likely N-dealkylation sites (N-methyl/N-ethyl adjacent to an activating group) is 1. The van der Waals surface area contributed by atoms with Crippen molar-refractivity contribution in [3.63, 3.8) is 0 Å². The largest absolute Gasteiger partial charge is 0.369 e. The number of nitrogens with zero attached hydrogens (tertiary/aromatic N) is 3. The summed E-state index contributed by atoms with van der Waals surface area (Å²) in [5.74, 6) is -1.16. The summed E-state index contributed by atoms with van der Waals surface area (Å²) in [5.41, 5.74) is 4.80. The molecule has 1 saturated heterocycles. The Kier molecular flexibility index (Phi) is 6.83. The smallest absolute Gasteiger partial charge is 0.237 e. The number of amides is 2. The van der Waals surface area contributed by atoms with Crippen molar-refractivity contribution >= 4 is 46.6 Å². The number of benzene rings is 3. The summed E-state index contributed by atoms with van der Waals surface area (Å²) in [4.78, 5) is 46.5. The quantitative estimate of drug-likeness (QED) is 0.397. The summed E-state index contributed by atoms with van der Waals surface area (Å²) in [5, 5.41) is 5.57. The Bertz CT molecular complexity index is 1370. The third kappa shape index (κ3) is 5.44. The maximum Gasteiger partial charge on any atom is 0.237 e. The third-order valence-electron chi connectivity index (χ3n) is 6.73. The molecule has 0 aromatic heterocycles. The van der Waals surface area contributed by atoms with Gasteiger partial charge < -0.3 is 20.4 Å². The third-order valence-corrected chi connectivity index (χ3v) is 6.73. The average molecular weight is 496 g/mol. The fourth-order valence-corrected chi connectivity index (χ4v) is 4.66. The van der Waals surface area contributed by atoms with Crippen LogP contribution in [0.2, 0.25) is 0 Å². The normalized spacial score (nSPS) is 17.5. The van der Waals surface area contributed by atoms with Crippen molar-refractivity contribution < 1.29 is 14.4 Å². The van der Waals surface area contributed by atoms with Crippen molar-refractivity contribution in [2.45, 2.75) is 12.8 Å². The highest BCUT2D eigenvalue weighted by molar-refractivity contribution is 6.15. The van der Waals surface area contributed by atoms with E-state index in [0.717, 1.165) is 31.9 Å². The summed E-state index contributed by atoms with van der Waals surface area (Å²) < 4.78 is 0. The van der Waals surface area contributed by atoms with Crippen LogP contribution in [0.1, 0.15) is 34.3 Å². The van der Waals surface area contributed by atoms with Crippen LogP contribution in [-0.2, 0) is 9.59 Å². The van der Waals surface area contributed by atoms with E-state index in [9.17, 15) is 14.4 Å². The Labute approximate surface area is 216 Å². The molecule has 1 unspecified atom stereocenters. The lowest BCUT2D eigenvalue weighted by Gasteiger charge is -2.34. The van der Waals surface area contributed by atoms with Crippen LogP contribution in [0.4, 0.5) is 22.7 Å². The summed E-state index contributed by atoms with van der Waals surface area (Å²) in [6.45, 7) is 5.50. The van der Waals surface area contributed by atoms with Gasteiger partial charge in [0.25, 0.3) is 0 Å². The fourth-order valence-electron chi connectivity index (χ4n) is 4.66. The van der Waals surface area contributed by atoms with Gasteiger partial charge >= 0.3 is 0 Å².